The minimum atomic E-state index is -0.439. The van der Waals surface area contributed by atoms with E-state index in [2.05, 4.69) is 11.9 Å². The van der Waals surface area contributed by atoms with Gasteiger partial charge >= 0.3 is 5.97 Å². The van der Waals surface area contributed by atoms with Crippen molar-refractivity contribution < 1.29 is 14.3 Å². The molecule has 5 nitrogen and oxygen atoms in total. The molecule has 0 N–H and O–H groups in total. The highest BCUT2D eigenvalue weighted by atomic mass is 32.1. The van der Waals surface area contributed by atoms with Crippen LogP contribution in [0.1, 0.15) is 107 Å². The summed E-state index contributed by atoms with van der Waals surface area (Å²) >= 11 is 1.39. The van der Waals surface area contributed by atoms with Crippen LogP contribution in [0, 0.1) is 0 Å². The van der Waals surface area contributed by atoms with E-state index in [0.717, 1.165) is 17.8 Å². The zero-order valence-electron chi connectivity index (χ0n) is 18.4. The highest BCUT2D eigenvalue weighted by Crippen LogP contribution is 2.22. The molecule has 1 amide bonds. The average Bonchev–Trinajstić information content (AvgIpc) is 3.12. The number of amides is 1. The summed E-state index contributed by atoms with van der Waals surface area (Å²) in [7, 11) is 1.34. The molecule has 0 aromatic carbocycles. The van der Waals surface area contributed by atoms with Crippen LogP contribution in [-0.4, -0.2) is 34.4 Å². The summed E-state index contributed by atoms with van der Waals surface area (Å²) in [5, 5.41) is 2.45. The van der Waals surface area contributed by atoms with Crippen LogP contribution >= 0.6 is 11.3 Å². The van der Waals surface area contributed by atoms with Gasteiger partial charge < -0.3 is 9.64 Å². The van der Waals surface area contributed by atoms with Crippen molar-refractivity contribution in [2.75, 3.05) is 7.11 Å². The van der Waals surface area contributed by atoms with Gasteiger partial charge in [0.25, 0.3) is 0 Å². The topological polar surface area (TPSA) is 59.5 Å². The summed E-state index contributed by atoms with van der Waals surface area (Å²) < 4.78 is 4.71. The van der Waals surface area contributed by atoms with Gasteiger partial charge in [0.2, 0.25) is 5.91 Å². The zero-order chi connectivity index (χ0) is 21.0. The van der Waals surface area contributed by atoms with Gasteiger partial charge in [-0.3, -0.25) is 4.79 Å². The Bertz CT molecular complexity index is 593. The van der Waals surface area contributed by atoms with E-state index in [-0.39, 0.29) is 11.4 Å². The predicted octanol–water partition coefficient (Wildman–Crippen LogP) is 5.98. The second-order valence-electron chi connectivity index (χ2n) is 8.35. The van der Waals surface area contributed by atoms with Gasteiger partial charge in [-0.25, -0.2) is 9.78 Å². The SMILES string of the molecule is CCCCCCCCCCCC(=O)N(Cc1nc(C(=O)OC)cs1)C(C)(C)C. The van der Waals surface area contributed by atoms with Crippen molar-refractivity contribution in [3.05, 3.63) is 16.1 Å². The van der Waals surface area contributed by atoms with Gasteiger partial charge in [-0.2, -0.15) is 0 Å². The molecule has 0 aliphatic carbocycles. The number of esters is 1. The number of nitrogens with zero attached hydrogens (tertiary/aromatic N) is 2. The quantitative estimate of drug-likeness (QED) is 0.296. The van der Waals surface area contributed by atoms with E-state index in [9.17, 15) is 9.59 Å². The molecule has 1 aromatic rings. The maximum absolute atomic E-state index is 12.8. The first-order chi connectivity index (χ1) is 13.3. The van der Waals surface area contributed by atoms with Crippen LogP contribution < -0.4 is 0 Å². The Morgan fingerprint density at radius 3 is 2.14 bits per heavy atom. The van der Waals surface area contributed by atoms with Crippen molar-refractivity contribution in [1.29, 1.82) is 0 Å². The first-order valence-corrected chi connectivity index (χ1v) is 11.5. The minimum Gasteiger partial charge on any atom is -0.464 e. The normalized spacial score (nSPS) is 11.5. The van der Waals surface area contributed by atoms with Crippen molar-refractivity contribution in [1.82, 2.24) is 9.88 Å². The minimum absolute atomic E-state index is 0.158. The molecule has 0 bridgehead atoms. The Kier molecular flexibility index (Phi) is 11.4. The number of unbranched alkanes of at least 4 members (excludes halogenated alkanes) is 8. The molecule has 1 rings (SSSR count). The summed E-state index contributed by atoms with van der Waals surface area (Å²) in [5.41, 5.74) is 0.0238. The first-order valence-electron chi connectivity index (χ1n) is 10.6. The van der Waals surface area contributed by atoms with Crippen LogP contribution in [0.5, 0.6) is 0 Å². The van der Waals surface area contributed by atoms with Crippen molar-refractivity contribution in [2.45, 2.75) is 104 Å². The Morgan fingerprint density at radius 1 is 1.04 bits per heavy atom. The van der Waals surface area contributed by atoms with E-state index in [1.807, 2.05) is 25.7 Å². The third kappa shape index (κ3) is 9.18. The second-order valence-corrected chi connectivity index (χ2v) is 9.29. The molecule has 0 unspecified atom stereocenters. The number of rotatable bonds is 13. The van der Waals surface area contributed by atoms with E-state index >= 15 is 0 Å². The lowest BCUT2D eigenvalue weighted by Gasteiger charge is -2.35. The van der Waals surface area contributed by atoms with Crippen LogP contribution in [0.3, 0.4) is 0 Å². The summed E-state index contributed by atoms with van der Waals surface area (Å²) in [6.45, 7) is 8.79. The van der Waals surface area contributed by atoms with Gasteiger partial charge in [-0.15, -0.1) is 11.3 Å². The third-order valence-corrected chi connectivity index (χ3v) is 5.68. The van der Waals surface area contributed by atoms with Gasteiger partial charge in [0.15, 0.2) is 5.69 Å². The number of aromatic nitrogens is 1. The van der Waals surface area contributed by atoms with Crippen LogP contribution in [0.15, 0.2) is 5.38 Å². The molecule has 0 saturated heterocycles. The van der Waals surface area contributed by atoms with E-state index in [1.165, 1.54) is 63.4 Å². The molecular weight excluding hydrogens is 372 g/mol. The first kappa shape index (κ1) is 24.6. The molecule has 0 atom stereocenters. The van der Waals surface area contributed by atoms with Crippen LogP contribution in [0.2, 0.25) is 0 Å². The highest BCUT2D eigenvalue weighted by molar-refractivity contribution is 7.09. The lowest BCUT2D eigenvalue weighted by Crippen LogP contribution is -2.45. The number of hydrogen-bond acceptors (Lipinski definition) is 5. The van der Waals surface area contributed by atoms with Gasteiger partial charge in [-0.1, -0.05) is 58.3 Å². The maximum Gasteiger partial charge on any atom is 0.357 e. The number of carbonyl (C=O) groups is 2. The van der Waals surface area contributed by atoms with Gasteiger partial charge in [0.1, 0.15) is 5.01 Å². The molecule has 0 spiro atoms. The molecule has 1 aromatic heterocycles. The highest BCUT2D eigenvalue weighted by Gasteiger charge is 2.27. The third-order valence-electron chi connectivity index (χ3n) is 4.84. The lowest BCUT2D eigenvalue weighted by molar-refractivity contribution is -0.136. The Hall–Kier alpha value is -1.43. The maximum atomic E-state index is 12.8. The van der Waals surface area contributed by atoms with Crippen molar-refractivity contribution in [3.8, 4) is 0 Å². The fourth-order valence-corrected chi connectivity index (χ4v) is 3.89. The number of hydrogen-bond donors (Lipinski definition) is 0. The van der Waals surface area contributed by atoms with Crippen molar-refractivity contribution in [3.63, 3.8) is 0 Å². The Morgan fingerprint density at radius 2 is 1.61 bits per heavy atom. The summed E-state index contributed by atoms with van der Waals surface area (Å²) in [6.07, 6.45) is 11.7. The average molecular weight is 411 g/mol. The Labute approximate surface area is 174 Å². The number of thiazole rings is 1. The van der Waals surface area contributed by atoms with Gasteiger partial charge in [0.05, 0.1) is 13.7 Å². The lowest BCUT2D eigenvalue weighted by atomic mass is 10.0. The summed E-state index contributed by atoms with van der Waals surface area (Å²) in [4.78, 5) is 30.6. The number of carbonyl (C=O) groups excluding carboxylic acids is 2. The molecule has 0 saturated carbocycles. The molecule has 0 radical (unpaired) electrons. The van der Waals surface area contributed by atoms with Gasteiger partial charge in [-0.05, 0) is 27.2 Å². The Balaban J connectivity index is 2.42. The van der Waals surface area contributed by atoms with Crippen molar-refractivity contribution in [2.24, 2.45) is 0 Å². The predicted molar refractivity (Wildman–Crippen MR) is 116 cm³/mol. The van der Waals surface area contributed by atoms with E-state index < -0.39 is 5.97 Å². The number of ether oxygens (including phenoxy) is 1. The molecule has 0 fully saturated rings. The molecule has 6 heteroatoms. The largest absolute Gasteiger partial charge is 0.464 e. The van der Waals surface area contributed by atoms with Gasteiger partial charge in [0, 0.05) is 17.3 Å². The number of methoxy groups -OCH3 is 1. The van der Waals surface area contributed by atoms with Crippen molar-refractivity contribution >= 4 is 23.2 Å². The molecular formula is C22H38N2O3S. The molecule has 160 valence electrons. The molecule has 1 heterocycles. The molecule has 28 heavy (non-hydrogen) atoms. The standard InChI is InChI=1S/C22H38N2O3S/c1-6-7-8-9-10-11-12-13-14-15-20(25)24(22(2,3)4)16-19-23-18(17-28-19)21(26)27-5/h17H,6-16H2,1-5H3. The molecule has 0 aliphatic rings. The fraction of sp³-hybridized carbons (Fsp3) is 0.773. The summed E-state index contributed by atoms with van der Waals surface area (Å²) in [6, 6.07) is 0. The van der Waals surface area contributed by atoms with Crippen LogP contribution in [-0.2, 0) is 16.1 Å². The molecule has 0 aliphatic heterocycles. The van der Waals surface area contributed by atoms with Crippen LogP contribution in [0.4, 0.5) is 0 Å². The fourth-order valence-electron chi connectivity index (χ4n) is 3.14. The van der Waals surface area contributed by atoms with E-state index in [1.54, 1.807) is 5.38 Å². The van der Waals surface area contributed by atoms with Crippen LogP contribution in [0.25, 0.3) is 0 Å². The smallest absolute Gasteiger partial charge is 0.357 e. The zero-order valence-corrected chi connectivity index (χ0v) is 19.2. The monoisotopic (exact) mass is 410 g/mol. The second kappa shape index (κ2) is 12.9. The van der Waals surface area contributed by atoms with E-state index in [4.69, 9.17) is 4.74 Å². The van der Waals surface area contributed by atoms with E-state index in [0.29, 0.717) is 18.7 Å². The summed E-state index contributed by atoms with van der Waals surface area (Å²) in [5.74, 6) is -0.281.